The normalized spacial score (nSPS) is 19.0. The fraction of sp³-hybridized carbons (Fsp3) is 0.458. The second-order valence-electron chi connectivity index (χ2n) is 8.84. The number of methoxy groups -OCH3 is 1. The molecule has 0 aromatic carbocycles. The number of hydrogen-bond donors (Lipinski definition) is 1. The van der Waals surface area contributed by atoms with E-state index in [2.05, 4.69) is 35.1 Å². The molecule has 168 valence electrons. The molecule has 8 heteroatoms. The van der Waals surface area contributed by atoms with Crippen molar-refractivity contribution >= 4 is 23.1 Å². The van der Waals surface area contributed by atoms with Gasteiger partial charge in [0.1, 0.15) is 5.65 Å². The van der Waals surface area contributed by atoms with Gasteiger partial charge in [-0.1, -0.05) is 0 Å². The van der Waals surface area contributed by atoms with Crippen LogP contribution in [0.5, 0.6) is 0 Å². The summed E-state index contributed by atoms with van der Waals surface area (Å²) in [5.41, 5.74) is 11.5. The molecule has 0 bridgehead atoms. The first-order valence-electron chi connectivity index (χ1n) is 11.3. The van der Waals surface area contributed by atoms with E-state index in [0.29, 0.717) is 31.2 Å². The summed E-state index contributed by atoms with van der Waals surface area (Å²) in [5, 5.41) is 0. The van der Waals surface area contributed by atoms with Crippen LogP contribution < -0.4 is 10.6 Å². The molecule has 0 radical (unpaired) electrons. The topological polar surface area (TPSA) is 89.0 Å². The van der Waals surface area contributed by atoms with Crippen molar-refractivity contribution in [2.24, 2.45) is 0 Å². The lowest BCUT2D eigenvalue weighted by Gasteiger charge is -2.41. The molecule has 5 rings (SSSR count). The average Bonchev–Trinajstić information content (AvgIpc) is 3.53. The van der Waals surface area contributed by atoms with Crippen LogP contribution in [0.15, 0.2) is 36.8 Å². The van der Waals surface area contributed by atoms with Crippen molar-refractivity contribution < 1.29 is 9.53 Å². The Hall–Kier alpha value is -3.13. The van der Waals surface area contributed by atoms with Gasteiger partial charge in [0.05, 0.1) is 24.4 Å². The first-order valence-corrected chi connectivity index (χ1v) is 11.3. The number of amides is 1. The molecule has 2 fully saturated rings. The number of rotatable bonds is 6. The molecule has 0 unspecified atom stereocenters. The molecule has 3 aromatic heterocycles. The molecule has 2 N–H and O–H groups in total. The molecule has 1 aliphatic heterocycles. The Kier molecular flexibility index (Phi) is 5.46. The van der Waals surface area contributed by atoms with Crippen LogP contribution in [0.1, 0.15) is 37.8 Å². The fourth-order valence-electron chi connectivity index (χ4n) is 4.62. The van der Waals surface area contributed by atoms with Crippen LogP contribution in [0.4, 0.5) is 11.5 Å². The number of anilines is 2. The van der Waals surface area contributed by atoms with E-state index < -0.39 is 0 Å². The average molecular weight is 435 g/mol. The van der Waals surface area contributed by atoms with Gasteiger partial charge < -0.3 is 24.7 Å². The van der Waals surface area contributed by atoms with Crippen molar-refractivity contribution in [1.29, 1.82) is 0 Å². The molecule has 1 aliphatic carbocycles. The Morgan fingerprint density at radius 2 is 2.12 bits per heavy atom. The van der Waals surface area contributed by atoms with Crippen LogP contribution in [-0.4, -0.2) is 64.6 Å². The SMILES string of the molecule is COCCC(=O)N1CCN(c2nc(C3CC3)c(-c3ccc4nccn4c3)cc2N)C[C@H]1C. The maximum atomic E-state index is 12.5. The zero-order valence-corrected chi connectivity index (χ0v) is 18.7. The van der Waals surface area contributed by atoms with Crippen LogP contribution in [0.3, 0.4) is 0 Å². The van der Waals surface area contributed by atoms with Gasteiger partial charge in [-0.05, 0) is 38.0 Å². The van der Waals surface area contributed by atoms with Gasteiger partial charge in [-0.3, -0.25) is 4.79 Å². The summed E-state index contributed by atoms with van der Waals surface area (Å²) in [5.74, 6) is 1.47. The number of ether oxygens (including phenoxy) is 1. The Labute approximate surface area is 188 Å². The fourth-order valence-corrected chi connectivity index (χ4v) is 4.62. The molecule has 0 spiro atoms. The van der Waals surface area contributed by atoms with E-state index in [0.717, 1.165) is 54.2 Å². The van der Waals surface area contributed by atoms with Gasteiger partial charge in [0.15, 0.2) is 5.82 Å². The number of aromatic nitrogens is 3. The number of hydrogen-bond acceptors (Lipinski definition) is 6. The number of nitrogens with zero attached hydrogens (tertiary/aromatic N) is 5. The number of pyridine rings is 2. The van der Waals surface area contributed by atoms with E-state index in [1.807, 2.05) is 21.6 Å². The highest BCUT2D eigenvalue weighted by Crippen LogP contribution is 2.45. The second-order valence-corrected chi connectivity index (χ2v) is 8.84. The van der Waals surface area contributed by atoms with Gasteiger partial charge in [0.25, 0.3) is 0 Å². The number of fused-ring (bicyclic) bond motifs is 1. The highest BCUT2D eigenvalue weighted by molar-refractivity contribution is 5.78. The maximum absolute atomic E-state index is 12.5. The van der Waals surface area contributed by atoms with Gasteiger partial charge in [0, 0.05) is 68.4 Å². The minimum atomic E-state index is 0.0991. The van der Waals surface area contributed by atoms with E-state index >= 15 is 0 Å². The van der Waals surface area contributed by atoms with Crippen molar-refractivity contribution in [3.63, 3.8) is 0 Å². The van der Waals surface area contributed by atoms with Crippen LogP contribution in [0, 0.1) is 0 Å². The van der Waals surface area contributed by atoms with Crippen molar-refractivity contribution in [3.8, 4) is 11.1 Å². The Morgan fingerprint density at radius 1 is 1.28 bits per heavy atom. The highest BCUT2D eigenvalue weighted by Gasteiger charge is 2.32. The Balaban J connectivity index is 1.42. The first-order chi connectivity index (χ1) is 15.5. The van der Waals surface area contributed by atoms with Crippen molar-refractivity contribution in [2.45, 2.75) is 38.1 Å². The predicted molar refractivity (Wildman–Crippen MR) is 125 cm³/mol. The molecule has 4 heterocycles. The Morgan fingerprint density at radius 3 is 2.88 bits per heavy atom. The van der Waals surface area contributed by atoms with Crippen molar-refractivity contribution in [2.75, 3.05) is 44.0 Å². The zero-order valence-electron chi connectivity index (χ0n) is 18.7. The number of carbonyl (C=O) groups excluding carboxylic acids is 1. The molecular weight excluding hydrogens is 404 g/mol. The summed E-state index contributed by atoms with van der Waals surface area (Å²) in [6.45, 7) is 4.66. The third-order valence-corrected chi connectivity index (χ3v) is 6.49. The monoisotopic (exact) mass is 434 g/mol. The van der Waals surface area contributed by atoms with Gasteiger partial charge >= 0.3 is 0 Å². The predicted octanol–water partition coefficient (Wildman–Crippen LogP) is 2.93. The van der Waals surface area contributed by atoms with Crippen LogP contribution >= 0.6 is 0 Å². The minimum Gasteiger partial charge on any atom is -0.396 e. The van der Waals surface area contributed by atoms with E-state index in [1.54, 1.807) is 13.3 Å². The second kappa shape index (κ2) is 8.43. The molecule has 2 aliphatic rings. The molecule has 8 nitrogen and oxygen atoms in total. The van der Waals surface area contributed by atoms with Gasteiger partial charge in [-0.25, -0.2) is 9.97 Å². The third kappa shape index (κ3) is 3.90. The lowest BCUT2D eigenvalue weighted by molar-refractivity contribution is -0.134. The number of carbonyl (C=O) groups is 1. The number of nitrogen functional groups attached to an aromatic ring is 1. The van der Waals surface area contributed by atoms with Gasteiger partial charge in [-0.15, -0.1) is 0 Å². The number of imidazole rings is 1. The molecule has 3 aromatic rings. The van der Waals surface area contributed by atoms with Crippen molar-refractivity contribution in [3.05, 3.63) is 42.5 Å². The van der Waals surface area contributed by atoms with Crippen LogP contribution in [0.2, 0.25) is 0 Å². The van der Waals surface area contributed by atoms with Gasteiger partial charge in [-0.2, -0.15) is 0 Å². The molecule has 32 heavy (non-hydrogen) atoms. The maximum Gasteiger partial charge on any atom is 0.225 e. The molecule has 1 saturated heterocycles. The standard InChI is InChI=1S/C24H30N6O2/c1-16-14-29(10-11-30(16)22(31)7-12-32-2)24-20(25)13-19(23(27-24)17-3-4-17)18-5-6-21-26-8-9-28(21)15-18/h5-6,8-9,13,15-17H,3-4,7,10-12,14,25H2,1-2H3/t16-/m1/s1. The third-order valence-electron chi connectivity index (χ3n) is 6.49. The largest absolute Gasteiger partial charge is 0.396 e. The molecule has 1 saturated carbocycles. The quantitative estimate of drug-likeness (QED) is 0.642. The smallest absolute Gasteiger partial charge is 0.225 e. The number of nitrogens with two attached hydrogens (primary N) is 1. The van der Waals surface area contributed by atoms with Gasteiger partial charge in [0.2, 0.25) is 5.91 Å². The Bertz CT molecular complexity index is 1140. The minimum absolute atomic E-state index is 0.0991. The van der Waals surface area contributed by atoms with Crippen LogP contribution in [-0.2, 0) is 9.53 Å². The summed E-state index contributed by atoms with van der Waals surface area (Å²) in [7, 11) is 1.62. The summed E-state index contributed by atoms with van der Waals surface area (Å²) < 4.78 is 7.09. The summed E-state index contributed by atoms with van der Waals surface area (Å²) in [4.78, 5) is 26.1. The first kappa shape index (κ1) is 20.8. The molecular formula is C24H30N6O2. The van der Waals surface area contributed by atoms with E-state index in [1.165, 1.54) is 0 Å². The lowest BCUT2D eigenvalue weighted by Crippen LogP contribution is -2.54. The highest BCUT2D eigenvalue weighted by atomic mass is 16.5. The summed E-state index contributed by atoms with van der Waals surface area (Å²) in [6.07, 6.45) is 8.59. The van der Waals surface area contributed by atoms with Crippen molar-refractivity contribution in [1.82, 2.24) is 19.3 Å². The molecule has 1 amide bonds. The zero-order chi connectivity index (χ0) is 22.2. The molecule has 1 atom stereocenters. The lowest BCUT2D eigenvalue weighted by atomic mass is 10.0. The van der Waals surface area contributed by atoms with E-state index in [-0.39, 0.29) is 11.9 Å². The summed E-state index contributed by atoms with van der Waals surface area (Å²) in [6, 6.07) is 6.30. The van der Waals surface area contributed by atoms with Crippen LogP contribution in [0.25, 0.3) is 16.8 Å². The van der Waals surface area contributed by atoms with E-state index in [4.69, 9.17) is 15.5 Å². The summed E-state index contributed by atoms with van der Waals surface area (Å²) >= 11 is 0. The number of piperazine rings is 1. The van der Waals surface area contributed by atoms with E-state index in [9.17, 15) is 4.79 Å².